The first kappa shape index (κ1) is 23.5. The van der Waals surface area contributed by atoms with Crippen molar-refractivity contribution in [3.8, 4) is 0 Å². The van der Waals surface area contributed by atoms with Crippen molar-refractivity contribution in [2.45, 2.75) is 80.9 Å². The number of aliphatic carboxylic acids is 2. The molecule has 180 valence electrons. The fourth-order valence-corrected chi connectivity index (χ4v) is 5.96. The average Bonchev–Trinajstić information content (AvgIpc) is 3.53. The van der Waals surface area contributed by atoms with Crippen LogP contribution in [0.2, 0.25) is 0 Å². The predicted molar refractivity (Wildman–Crippen MR) is 110 cm³/mol. The Labute approximate surface area is 186 Å². The number of nitrogens with zero attached hydrogens (tertiary/aromatic N) is 3. The van der Waals surface area contributed by atoms with Crippen molar-refractivity contribution in [1.82, 2.24) is 14.9 Å². The largest absolute Gasteiger partial charge is 0.480 e. The van der Waals surface area contributed by atoms with Crippen LogP contribution >= 0.6 is 0 Å². The molecule has 0 aliphatic carbocycles. The molecule has 0 aromatic heterocycles. The van der Waals surface area contributed by atoms with E-state index in [0.29, 0.717) is 51.7 Å². The molecule has 0 saturated carbocycles. The molecule has 0 bridgehead atoms. The molecule has 0 aromatic rings. The first-order chi connectivity index (χ1) is 15.5. The van der Waals surface area contributed by atoms with Crippen molar-refractivity contribution in [2.24, 2.45) is 0 Å². The van der Waals surface area contributed by atoms with Gasteiger partial charge < -0.3 is 24.9 Å². The molecule has 3 N–H and O–H groups in total. The van der Waals surface area contributed by atoms with E-state index in [4.69, 9.17) is 9.57 Å². The number of aliphatic hydroxyl groups excluding tert-OH is 1. The van der Waals surface area contributed by atoms with Crippen molar-refractivity contribution >= 4 is 18.2 Å². The van der Waals surface area contributed by atoms with Crippen LogP contribution in [0.3, 0.4) is 0 Å². The lowest BCUT2D eigenvalue weighted by atomic mass is 9.90. The third-order valence-corrected chi connectivity index (χ3v) is 7.37. The van der Waals surface area contributed by atoms with E-state index in [1.54, 1.807) is 5.06 Å². The highest BCUT2D eigenvalue weighted by atomic mass is 16.7. The lowest BCUT2D eigenvalue weighted by Gasteiger charge is -2.51. The molecule has 11 heteroatoms. The number of carboxylic acids is 2. The Morgan fingerprint density at radius 1 is 0.938 bits per heavy atom. The summed E-state index contributed by atoms with van der Waals surface area (Å²) in [5, 5.41) is 31.4. The highest BCUT2D eigenvalue weighted by Gasteiger charge is 2.53. The summed E-state index contributed by atoms with van der Waals surface area (Å²) in [6.07, 6.45) is 3.53. The third-order valence-electron chi connectivity index (χ3n) is 7.37. The summed E-state index contributed by atoms with van der Waals surface area (Å²) in [4.78, 5) is 45.5. The maximum absolute atomic E-state index is 12.0. The van der Waals surface area contributed by atoms with Gasteiger partial charge >= 0.3 is 11.9 Å². The molecule has 4 heterocycles. The quantitative estimate of drug-likeness (QED) is 0.395. The SMILES string of the molecule is O=C[C@@H]1CCCN1O[C@H]1COC(CO)[C@H](N2CCC[C@H]2C(=O)O)[C@@H]1N1CCC[C@H]1C(=O)O. The number of hydrogen-bond donors (Lipinski definition) is 3. The van der Waals surface area contributed by atoms with Gasteiger partial charge in [0.1, 0.15) is 24.5 Å². The molecule has 4 aliphatic heterocycles. The minimum Gasteiger partial charge on any atom is -0.480 e. The minimum absolute atomic E-state index is 0.128. The van der Waals surface area contributed by atoms with Crippen molar-refractivity contribution in [3.63, 3.8) is 0 Å². The van der Waals surface area contributed by atoms with E-state index in [0.717, 1.165) is 12.7 Å². The molecule has 4 rings (SSSR count). The Bertz CT molecular complexity index is 709. The van der Waals surface area contributed by atoms with Crippen molar-refractivity contribution < 1.29 is 39.3 Å². The topological polar surface area (TPSA) is 140 Å². The maximum Gasteiger partial charge on any atom is 0.320 e. The molecule has 32 heavy (non-hydrogen) atoms. The number of ether oxygens (including phenoxy) is 1. The zero-order chi connectivity index (χ0) is 22.8. The summed E-state index contributed by atoms with van der Waals surface area (Å²) in [6, 6.07) is -2.83. The molecule has 4 saturated heterocycles. The zero-order valence-electron chi connectivity index (χ0n) is 18.1. The van der Waals surface area contributed by atoms with Gasteiger partial charge in [0.25, 0.3) is 0 Å². The van der Waals surface area contributed by atoms with Gasteiger partial charge in [-0.15, -0.1) is 0 Å². The summed E-state index contributed by atoms with van der Waals surface area (Å²) in [6.45, 7) is 1.48. The molecule has 1 unspecified atom stereocenters. The van der Waals surface area contributed by atoms with E-state index in [1.165, 1.54) is 0 Å². The third kappa shape index (κ3) is 4.42. The van der Waals surface area contributed by atoms with Crippen LogP contribution in [0.5, 0.6) is 0 Å². The van der Waals surface area contributed by atoms with E-state index < -0.39 is 48.3 Å². The molecule has 0 radical (unpaired) electrons. The monoisotopic (exact) mass is 455 g/mol. The number of rotatable bonds is 8. The van der Waals surface area contributed by atoms with Crippen LogP contribution in [0.25, 0.3) is 0 Å². The number of aliphatic hydroxyl groups is 1. The van der Waals surface area contributed by atoms with E-state index in [9.17, 15) is 29.7 Å². The summed E-state index contributed by atoms with van der Waals surface area (Å²) in [7, 11) is 0. The second kappa shape index (κ2) is 10.1. The Hall–Kier alpha value is -1.63. The van der Waals surface area contributed by atoms with E-state index >= 15 is 0 Å². The van der Waals surface area contributed by atoms with Gasteiger partial charge in [-0.3, -0.25) is 24.2 Å². The van der Waals surface area contributed by atoms with Crippen LogP contribution in [0.15, 0.2) is 0 Å². The first-order valence-corrected chi connectivity index (χ1v) is 11.5. The fraction of sp³-hybridized carbons (Fsp3) is 0.857. The van der Waals surface area contributed by atoms with E-state index in [-0.39, 0.29) is 19.3 Å². The molecule has 0 amide bonds. The molecular weight excluding hydrogens is 422 g/mol. The lowest BCUT2D eigenvalue weighted by Crippen LogP contribution is -2.70. The summed E-state index contributed by atoms with van der Waals surface area (Å²) >= 11 is 0. The number of aldehydes is 1. The predicted octanol–water partition coefficient (Wildman–Crippen LogP) is -0.824. The Balaban J connectivity index is 1.68. The van der Waals surface area contributed by atoms with Gasteiger partial charge in [0.05, 0.1) is 37.4 Å². The van der Waals surface area contributed by atoms with Gasteiger partial charge in [0.2, 0.25) is 0 Å². The van der Waals surface area contributed by atoms with Crippen LogP contribution in [0.1, 0.15) is 38.5 Å². The van der Waals surface area contributed by atoms with E-state index in [1.807, 2.05) is 9.80 Å². The van der Waals surface area contributed by atoms with Crippen LogP contribution in [0.4, 0.5) is 0 Å². The second-order valence-electron chi connectivity index (χ2n) is 9.13. The van der Waals surface area contributed by atoms with Crippen molar-refractivity contribution in [2.75, 3.05) is 32.8 Å². The van der Waals surface area contributed by atoms with Crippen LogP contribution in [-0.2, 0) is 24.0 Å². The molecular formula is C21H33N3O8. The number of hydroxylamine groups is 2. The summed E-state index contributed by atoms with van der Waals surface area (Å²) in [5.74, 6) is -1.85. The van der Waals surface area contributed by atoms with Gasteiger partial charge in [-0.05, 0) is 51.6 Å². The molecule has 7 atom stereocenters. The fourth-order valence-electron chi connectivity index (χ4n) is 5.96. The Morgan fingerprint density at radius 3 is 2.09 bits per heavy atom. The molecule has 0 aromatic carbocycles. The minimum atomic E-state index is -0.933. The first-order valence-electron chi connectivity index (χ1n) is 11.5. The van der Waals surface area contributed by atoms with Crippen LogP contribution in [0, 0.1) is 0 Å². The summed E-state index contributed by atoms with van der Waals surface area (Å²) < 4.78 is 5.96. The highest BCUT2D eigenvalue weighted by Crippen LogP contribution is 2.36. The molecule has 4 aliphatic rings. The molecule has 4 fully saturated rings. The zero-order valence-corrected chi connectivity index (χ0v) is 18.1. The summed E-state index contributed by atoms with van der Waals surface area (Å²) in [5.41, 5.74) is 0. The number of carboxylic acid groups (broad SMARTS) is 2. The van der Waals surface area contributed by atoms with Gasteiger partial charge in [0.15, 0.2) is 0 Å². The van der Waals surface area contributed by atoms with Gasteiger partial charge in [-0.2, -0.15) is 5.06 Å². The lowest BCUT2D eigenvalue weighted by molar-refractivity contribution is -0.265. The number of carbonyl (C=O) groups is 3. The highest BCUT2D eigenvalue weighted by molar-refractivity contribution is 5.74. The van der Waals surface area contributed by atoms with E-state index in [2.05, 4.69) is 0 Å². The number of likely N-dealkylation sites (tertiary alicyclic amines) is 2. The number of carbonyl (C=O) groups excluding carboxylic acids is 1. The molecule has 0 spiro atoms. The van der Waals surface area contributed by atoms with Gasteiger partial charge in [-0.25, -0.2) is 0 Å². The van der Waals surface area contributed by atoms with Gasteiger partial charge in [0, 0.05) is 6.54 Å². The standard InChI is InChI=1S/C21H33N3O8/c25-10-13-4-1-9-24(13)32-17-12-31-16(11-26)18(22-7-2-5-14(22)20(27)28)19(17)23-8-3-6-15(23)21(29)30/h10,13-19,26H,1-9,11-12H2,(H,27,28)(H,29,30)/t13-,14-,15-,16?,17-,18-,19+/m0/s1. The van der Waals surface area contributed by atoms with Crippen LogP contribution in [-0.4, -0.2) is 124 Å². The Kier molecular flexibility index (Phi) is 7.43. The second-order valence-corrected chi connectivity index (χ2v) is 9.13. The number of hydrogen-bond acceptors (Lipinski definition) is 9. The van der Waals surface area contributed by atoms with Crippen LogP contribution < -0.4 is 0 Å². The normalized spacial score (nSPS) is 39.5. The van der Waals surface area contributed by atoms with Crippen molar-refractivity contribution in [1.29, 1.82) is 0 Å². The smallest absolute Gasteiger partial charge is 0.320 e. The molecule has 11 nitrogen and oxygen atoms in total. The Morgan fingerprint density at radius 2 is 1.53 bits per heavy atom. The van der Waals surface area contributed by atoms with Gasteiger partial charge in [-0.1, -0.05) is 0 Å². The maximum atomic E-state index is 12.0. The van der Waals surface area contributed by atoms with Crippen molar-refractivity contribution in [3.05, 3.63) is 0 Å². The average molecular weight is 456 g/mol.